The second kappa shape index (κ2) is 8.23. The number of benzene rings is 2. The van der Waals surface area contributed by atoms with Gasteiger partial charge in [-0.15, -0.1) is 0 Å². The Bertz CT molecular complexity index is 898. The third kappa shape index (κ3) is 4.14. The Balaban J connectivity index is 1.30. The monoisotopic (exact) mass is 399 g/mol. The van der Waals surface area contributed by atoms with E-state index in [0.29, 0.717) is 11.4 Å². The number of rotatable bonds is 4. The first-order chi connectivity index (χ1) is 13.6. The van der Waals surface area contributed by atoms with Crippen LogP contribution in [-0.2, 0) is 27.2 Å². The van der Waals surface area contributed by atoms with Crippen molar-refractivity contribution in [2.45, 2.75) is 31.7 Å². The Labute approximate surface area is 169 Å². The highest BCUT2D eigenvalue weighted by Crippen LogP contribution is 2.31. The van der Waals surface area contributed by atoms with Crippen molar-refractivity contribution < 1.29 is 19.1 Å². The van der Waals surface area contributed by atoms with Crippen molar-refractivity contribution in [3.8, 4) is 5.75 Å². The molecule has 0 bridgehead atoms. The Morgan fingerprint density at radius 2 is 2.04 bits per heavy atom. The Morgan fingerprint density at radius 3 is 2.93 bits per heavy atom. The summed E-state index contributed by atoms with van der Waals surface area (Å²) in [5.74, 6) is -0.406. The van der Waals surface area contributed by atoms with E-state index in [-0.39, 0.29) is 25.2 Å². The molecule has 6 heteroatoms. The number of hydrogen-bond donors (Lipinski definition) is 1. The van der Waals surface area contributed by atoms with Gasteiger partial charge >= 0.3 is 5.97 Å². The third-order valence-corrected chi connectivity index (χ3v) is 5.55. The van der Waals surface area contributed by atoms with Crippen molar-refractivity contribution in [1.29, 1.82) is 0 Å². The maximum Gasteiger partial charge on any atom is 0.313 e. The van der Waals surface area contributed by atoms with E-state index in [4.69, 9.17) is 21.1 Å². The number of hydrogen-bond acceptors (Lipinski definition) is 4. The molecule has 1 heterocycles. The lowest BCUT2D eigenvalue weighted by Crippen LogP contribution is -2.36. The molecule has 2 atom stereocenters. The predicted molar refractivity (Wildman–Crippen MR) is 105 cm³/mol. The molecule has 4 rings (SSSR count). The number of esters is 1. The lowest BCUT2D eigenvalue weighted by atomic mass is 9.88. The molecule has 0 radical (unpaired) electrons. The van der Waals surface area contributed by atoms with Crippen LogP contribution in [0.25, 0.3) is 0 Å². The minimum Gasteiger partial charge on any atom is -0.492 e. The van der Waals surface area contributed by atoms with Gasteiger partial charge < -0.3 is 14.8 Å². The van der Waals surface area contributed by atoms with E-state index in [2.05, 4.69) is 11.4 Å². The van der Waals surface area contributed by atoms with Gasteiger partial charge in [0.25, 0.3) is 5.91 Å². The maximum atomic E-state index is 12.4. The third-order valence-electron chi connectivity index (χ3n) is 5.31. The van der Waals surface area contributed by atoms with Crippen LogP contribution in [0, 0.1) is 5.92 Å². The van der Waals surface area contributed by atoms with Gasteiger partial charge in [0.15, 0.2) is 6.61 Å². The van der Waals surface area contributed by atoms with E-state index in [1.165, 1.54) is 5.56 Å². The lowest BCUT2D eigenvalue weighted by Gasteiger charge is -2.26. The molecule has 2 aliphatic rings. The number of fused-ring (bicyclic) bond motifs is 2. The van der Waals surface area contributed by atoms with Crippen LogP contribution in [0.4, 0.5) is 0 Å². The van der Waals surface area contributed by atoms with Crippen molar-refractivity contribution >= 4 is 23.5 Å². The van der Waals surface area contributed by atoms with E-state index in [0.717, 1.165) is 36.1 Å². The molecule has 1 amide bonds. The minimum atomic E-state index is -0.436. The zero-order valence-electron chi connectivity index (χ0n) is 15.4. The van der Waals surface area contributed by atoms with Crippen LogP contribution in [-0.4, -0.2) is 25.1 Å². The number of halogens is 1. The normalized spacial score (nSPS) is 20.3. The molecule has 2 aromatic carbocycles. The van der Waals surface area contributed by atoms with E-state index in [1.54, 1.807) is 18.2 Å². The van der Waals surface area contributed by atoms with Gasteiger partial charge in [0.1, 0.15) is 12.4 Å². The fourth-order valence-corrected chi connectivity index (χ4v) is 4.10. The van der Waals surface area contributed by atoms with Gasteiger partial charge in [-0.25, -0.2) is 0 Å². The topological polar surface area (TPSA) is 64.6 Å². The molecule has 0 unspecified atom stereocenters. The van der Waals surface area contributed by atoms with E-state index in [1.807, 2.05) is 18.2 Å². The molecule has 1 N–H and O–H groups in total. The summed E-state index contributed by atoms with van der Waals surface area (Å²) in [6.45, 7) is -0.0402. The number of carbonyl (C=O) groups excluding carboxylic acids is 2. The zero-order valence-corrected chi connectivity index (χ0v) is 16.2. The Hall–Kier alpha value is -2.53. The number of aryl methyl sites for hydroxylation is 1. The number of nitrogens with one attached hydrogen (secondary N) is 1. The van der Waals surface area contributed by atoms with Crippen LogP contribution >= 0.6 is 11.6 Å². The number of carbonyl (C=O) groups is 2. The summed E-state index contributed by atoms with van der Waals surface area (Å²) in [6, 6.07) is 13.5. The fourth-order valence-electron chi connectivity index (χ4n) is 3.91. The summed E-state index contributed by atoms with van der Waals surface area (Å²) in [5, 5.41) is 3.59. The molecule has 5 nitrogen and oxygen atoms in total. The van der Waals surface area contributed by atoms with Gasteiger partial charge in [-0.3, -0.25) is 9.59 Å². The van der Waals surface area contributed by atoms with Crippen LogP contribution < -0.4 is 10.1 Å². The van der Waals surface area contributed by atoms with E-state index >= 15 is 0 Å². The minimum absolute atomic E-state index is 0.0248. The van der Waals surface area contributed by atoms with E-state index < -0.39 is 11.9 Å². The highest BCUT2D eigenvalue weighted by Gasteiger charge is 2.28. The maximum absolute atomic E-state index is 12.4. The van der Waals surface area contributed by atoms with Crippen molar-refractivity contribution in [2.75, 3.05) is 13.2 Å². The average molecular weight is 400 g/mol. The Morgan fingerprint density at radius 1 is 1.18 bits per heavy atom. The summed E-state index contributed by atoms with van der Waals surface area (Å²) >= 11 is 6.01. The fraction of sp³-hybridized carbons (Fsp3) is 0.364. The number of ether oxygens (including phenoxy) is 2. The molecule has 0 saturated carbocycles. The van der Waals surface area contributed by atoms with Gasteiger partial charge in [-0.1, -0.05) is 35.9 Å². The first-order valence-corrected chi connectivity index (χ1v) is 9.93. The number of amides is 1. The van der Waals surface area contributed by atoms with Crippen molar-refractivity contribution in [2.24, 2.45) is 5.92 Å². The summed E-state index contributed by atoms with van der Waals surface area (Å²) in [7, 11) is 0. The molecule has 1 aliphatic heterocycles. The smallest absolute Gasteiger partial charge is 0.313 e. The standard InChI is InChI=1S/C22H22ClNO4/c23-17-8-9-20-15(11-17)10-16(12-27-20)22(26)28-13-21(25)24-19-7-3-5-14-4-1-2-6-18(14)19/h1-2,4,6,8-9,11,16,19H,3,5,7,10,12-13H2,(H,24,25)/t16-,19-/m0/s1. The largest absolute Gasteiger partial charge is 0.492 e. The Kier molecular flexibility index (Phi) is 5.53. The van der Waals surface area contributed by atoms with Crippen LogP contribution in [0.5, 0.6) is 5.75 Å². The van der Waals surface area contributed by atoms with Gasteiger partial charge in [0.05, 0.1) is 12.0 Å². The second-order valence-corrected chi connectivity index (χ2v) is 7.72. The molecule has 1 aliphatic carbocycles. The van der Waals surface area contributed by atoms with Gasteiger partial charge in [0.2, 0.25) is 0 Å². The molecule has 0 aromatic heterocycles. The van der Waals surface area contributed by atoms with Gasteiger partial charge in [0, 0.05) is 5.02 Å². The highest BCUT2D eigenvalue weighted by molar-refractivity contribution is 6.30. The first-order valence-electron chi connectivity index (χ1n) is 9.55. The zero-order chi connectivity index (χ0) is 19.5. The van der Waals surface area contributed by atoms with Crippen molar-refractivity contribution in [3.63, 3.8) is 0 Å². The molecular weight excluding hydrogens is 378 g/mol. The first kappa shape index (κ1) is 18.8. The predicted octanol–water partition coefficient (Wildman–Crippen LogP) is 3.63. The van der Waals surface area contributed by atoms with Gasteiger partial charge in [-0.05, 0) is 60.6 Å². The van der Waals surface area contributed by atoms with Crippen LogP contribution in [0.1, 0.15) is 35.6 Å². The lowest BCUT2D eigenvalue weighted by molar-refractivity contribution is -0.154. The SMILES string of the molecule is O=C(COC(=O)[C@@H]1COc2ccc(Cl)cc2C1)N[C@H]1CCCc2ccccc21. The summed E-state index contributed by atoms with van der Waals surface area (Å²) in [4.78, 5) is 24.7. The molecule has 0 saturated heterocycles. The summed E-state index contributed by atoms with van der Waals surface area (Å²) in [5.41, 5.74) is 3.30. The highest BCUT2D eigenvalue weighted by atomic mass is 35.5. The van der Waals surface area contributed by atoms with Crippen LogP contribution in [0.2, 0.25) is 5.02 Å². The van der Waals surface area contributed by atoms with Crippen molar-refractivity contribution in [1.82, 2.24) is 5.32 Å². The summed E-state index contributed by atoms with van der Waals surface area (Å²) in [6.07, 6.45) is 3.45. The average Bonchev–Trinajstić information content (AvgIpc) is 2.71. The van der Waals surface area contributed by atoms with Gasteiger partial charge in [-0.2, -0.15) is 0 Å². The quantitative estimate of drug-likeness (QED) is 0.797. The van der Waals surface area contributed by atoms with E-state index in [9.17, 15) is 9.59 Å². The van der Waals surface area contributed by atoms with Crippen LogP contribution in [0.15, 0.2) is 42.5 Å². The molecule has 0 spiro atoms. The molecule has 146 valence electrons. The molecule has 2 aromatic rings. The van der Waals surface area contributed by atoms with Crippen molar-refractivity contribution in [3.05, 3.63) is 64.2 Å². The molecule has 28 heavy (non-hydrogen) atoms. The summed E-state index contributed by atoms with van der Waals surface area (Å²) < 4.78 is 10.9. The molecule has 0 fully saturated rings. The second-order valence-electron chi connectivity index (χ2n) is 7.28. The molecular formula is C22H22ClNO4. The van der Waals surface area contributed by atoms with Crippen LogP contribution in [0.3, 0.4) is 0 Å².